The van der Waals surface area contributed by atoms with Gasteiger partial charge in [-0.15, -0.1) is 0 Å². The van der Waals surface area contributed by atoms with Crippen molar-refractivity contribution < 1.29 is 5.11 Å². The molecule has 0 bridgehead atoms. The molecule has 6 heteroatoms. The van der Waals surface area contributed by atoms with Crippen LogP contribution in [0, 0.1) is 0 Å². The van der Waals surface area contributed by atoms with E-state index in [0.717, 1.165) is 5.82 Å². The average molecular weight is 268 g/mol. The molecular weight excluding hydrogens is 248 g/mol. The van der Waals surface area contributed by atoms with Gasteiger partial charge in [0.25, 0.3) is 0 Å². The Morgan fingerprint density at radius 3 is 2.78 bits per heavy atom. The molecule has 1 aliphatic rings. The van der Waals surface area contributed by atoms with E-state index in [0.29, 0.717) is 23.6 Å². The summed E-state index contributed by atoms with van der Waals surface area (Å²) >= 11 is 1.48. The zero-order chi connectivity index (χ0) is 13.0. The number of hydrogen-bond donors (Lipinski definition) is 2. The van der Waals surface area contributed by atoms with Crippen LogP contribution in [0.15, 0.2) is 11.2 Å². The minimum absolute atomic E-state index is 0.134. The summed E-state index contributed by atoms with van der Waals surface area (Å²) in [4.78, 5) is 10.8. The molecule has 2 rings (SSSR count). The Hall–Kier alpha value is -1.01. The van der Waals surface area contributed by atoms with Crippen LogP contribution >= 0.6 is 11.8 Å². The topological polar surface area (TPSA) is 75.3 Å². The van der Waals surface area contributed by atoms with E-state index in [-0.39, 0.29) is 6.61 Å². The van der Waals surface area contributed by atoms with Crippen molar-refractivity contribution in [3.05, 3.63) is 6.07 Å². The molecule has 3 N–H and O–H groups in total. The van der Waals surface area contributed by atoms with Crippen LogP contribution in [-0.4, -0.2) is 40.5 Å². The number of thioether (sulfide) groups is 1. The summed E-state index contributed by atoms with van der Waals surface area (Å²) in [5, 5.41) is 9.92. The quantitative estimate of drug-likeness (QED) is 0.623. The number of rotatable bonds is 5. The van der Waals surface area contributed by atoms with Crippen LogP contribution in [0.3, 0.4) is 0 Å². The molecule has 1 aromatic rings. The van der Waals surface area contributed by atoms with Gasteiger partial charge in [-0.2, -0.15) is 0 Å². The number of hydrogen-bond acceptors (Lipinski definition) is 6. The number of nitrogens with zero attached hydrogens (tertiary/aromatic N) is 3. The second-order valence-corrected chi connectivity index (χ2v) is 5.27. The van der Waals surface area contributed by atoms with Gasteiger partial charge in [0.05, 0.1) is 6.61 Å². The van der Waals surface area contributed by atoms with E-state index >= 15 is 0 Å². The lowest BCUT2D eigenvalue weighted by Gasteiger charge is -2.29. The lowest BCUT2D eigenvalue weighted by molar-refractivity contribution is 0.296. The van der Waals surface area contributed by atoms with Gasteiger partial charge in [-0.05, 0) is 19.1 Å². The monoisotopic (exact) mass is 268 g/mol. The van der Waals surface area contributed by atoms with E-state index in [1.54, 1.807) is 6.07 Å². The van der Waals surface area contributed by atoms with Crippen molar-refractivity contribution in [1.82, 2.24) is 9.97 Å². The first-order valence-electron chi connectivity index (χ1n) is 6.30. The molecule has 0 amide bonds. The fourth-order valence-electron chi connectivity index (χ4n) is 2.48. The summed E-state index contributed by atoms with van der Waals surface area (Å²) in [7, 11) is 0. The lowest BCUT2D eigenvalue weighted by Crippen LogP contribution is -2.36. The van der Waals surface area contributed by atoms with Crippen molar-refractivity contribution in [2.24, 2.45) is 0 Å². The maximum Gasteiger partial charge on any atom is 0.191 e. The molecule has 0 unspecified atom stereocenters. The summed E-state index contributed by atoms with van der Waals surface area (Å²) in [6.45, 7) is 0.740. The molecule has 0 aliphatic heterocycles. The second kappa shape index (κ2) is 6.24. The highest BCUT2D eigenvalue weighted by Crippen LogP contribution is 2.28. The number of nitrogens with two attached hydrogens (primary N) is 1. The molecule has 100 valence electrons. The highest BCUT2D eigenvalue weighted by Gasteiger charge is 2.24. The summed E-state index contributed by atoms with van der Waals surface area (Å²) in [5.74, 6) is 1.33. The van der Waals surface area contributed by atoms with Gasteiger partial charge >= 0.3 is 0 Å². The Balaban J connectivity index is 2.25. The van der Waals surface area contributed by atoms with E-state index in [2.05, 4.69) is 14.9 Å². The van der Waals surface area contributed by atoms with Crippen molar-refractivity contribution in [3.8, 4) is 0 Å². The molecule has 1 fully saturated rings. The number of aliphatic hydroxyl groups is 1. The van der Waals surface area contributed by atoms with Crippen LogP contribution in [0.1, 0.15) is 25.7 Å². The molecule has 0 spiro atoms. The van der Waals surface area contributed by atoms with Crippen LogP contribution in [0.4, 0.5) is 11.6 Å². The molecule has 0 aromatic carbocycles. The number of aliphatic hydroxyl groups excluding tert-OH is 1. The molecule has 0 saturated heterocycles. The van der Waals surface area contributed by atoms with Crippen LogP contribution in [0.5, 0.6) is 0 Å². The molecule has 5 nitrogen and oxygen atoms in total. The first kappa shape index (κ1) is 13.4. The first-order chi connectivity index (χ1) is 8.74. The number of nitrogen functional groups attached to an aromatic ring is 1. The molecule has 1 heterocycles. The van der Waals surface area contributed by atoms with Gasteiger partial charge in [0.1, 0.15) is 11.6 Å². The SMILES string of the molecule is CSc1nc(N)cc(N(CCO)C2CCCC2)n1. The lowest BCUT2D eigenvalue weighted by atomic mass is 10.2. The Kier molecular flexibility index (Phi) is 4.66. The minimum atomic E-state index is 0.134. The molecular formula is C12H20N4OS. The van der Waals surface area contributed by atoms with E-state index in [1.807, 2.05) is 6.26 Å². The molecule has 1 aliphatic carbocycles. The minimum Gasteiger partial charge on any atom is -0.395 e. The normalized spacial score (nSPS) is 16.1. The van der Waals surface area contributed by atoms with E-state index in [9.17, 15) is 5.11 Å². The van der Waals surface area contributed by atoms with Gasteiger partial charge < -0.3 is 15.7 Å². The zero-order valence-electron chi connectivity index (χ0n) is 10.7. The van der Waals surface area contributed by atoms with Gasteiger partial charge in [0.15, 0.2) is 5.16 Å². The van der Waals surface area contributed by atoms with E-state index in [1.165, 1.54) is 37.4 Å². The maximum atomic E-state index is 9.23. The molecule has 0 atom stereocenters. The van der Waals surface area contributed by atoms with Gasteiger partial charge in [0.2, 0.25) is 0 Å². The first-order valence-corrected chi connectivity index (χ1v) is 7.53. The van der Waals surface area contributed by atoms with Crippen LogP contribution in [-0.2, 0) is 0 Å². The predicted octanol–water partition coefficient (Wildman–Crippen LogP) is 1.52. The van der Waals surface area contributed by atoms with Crippen molar-refractivity contribution in [3.63, 3.8) is 0 Å². The van der Waals surface area contributed by atoms with Gasteiger partial charge in [-0.1, -0.05) is 24.6 Å². The van der Waals surface area contributed by atoms with Gasteiger partial charge in [0, 0.05) is 18.7 Å². The van der Waals surface area contributed by atoms with E-state index < -0.39 is 0 Å². The summed E-state index contributed by atoms with van der Waals surface area (Å²) in [5.41, 5.74) is 5.81. The third-order valence-corrected chi connectivity index (χ3v) is 3.84. The van der Waals surface area contributed by atoms with Gasteiger partial charge in [-0.3, -0.25) is 0 Å². The summed E-state index contributed by atoms with van der Waals surface area (Å²) in [6, 6.07) is 2.27. The van der Waals surface area contributed by atoms with Crippen molar-refractivity contribution in [1.29, 1.82) is 0 Å². The summed E-state index contributed by atoms with van der Waals surface area (Å²) < 4.78 is 0. The van der Waals surface area contributed by atoms with Crippen LogP contribution in [0.2, 0.25) is 0 Å². The standard InChI is InChI=1S/C12H20N4OS/c1-18-12-14-10(13)8-11(15-12)16(6-7-17)9-4-2-3-5-9/h8-9,17H,2-7H2,1H3,(H2,13,14,15). The molecule has 0 radical (unpaired) electrons. The highest BCUT2D eigenvalue weighted by atomic mass is 32.2. The van der Waals surface area contributed by atoms with Crippen LogP contribution in [0.25, 0.3) is 0 Å². The number of aromatic nitrogens is 2. The van der Waals surface area contributed by atoms with Gasteiger partial charge in [-0.25, -0.2) is 9.97 Å². The van der Waals surface area contributed by atoms with Crippen molar-refractivity contribution >= 4 is 23.4 Å². The second-order valence-electron chi connectivity index (χ2n) is 4.49. The largest absolute Gasteiger partial charge is 0.395 e. The molecule has 18 heavy (non-hydrogen) atoms. The third-order valence-electron chi connectivity index (χ3n) is 3.30. The van der Waals surface area contributed by atoms with Crippen molar-refractivity contribution in [2.45, 2.75) is 36.9 Å². The molecule has 1 saturated carbocycles. The maximum absolute atomic E-state index is 9.23. The Morgan fingerprint density at radius 2 is 2.17 bits per heavy atom. The third kappa shape index (κ3) is 3.05. The van der Waals surface area contributed by atoms with Crippen LogP contribution < -0.4 is 10.6 Å². The zero-order valence-corrected chi connectivity index (χ0v) is 11.5. The predicted molar refractivity (Wildman–Crippen MR) is 74.9 cm³/mol. The number of anilines is 2. The molecule has 1 aromatic heterocycles. The summed E-state index contributed by atoms with van der Waals surface area (Å²) in [6.07, 6.45) is 6.77. The average Bonchev–Trinajstić information content (AvgIpc) is 2.88. The Bertz CT molecular complexity index is 396. The van der Waals surface area contributed by atoms with E-state index in [4.69, 9.17) is 5.73 Å². The smallest absolute Gasteiger partial charge is 0.191 e. The highest BCUT2D eigenvalue weighted by molar-refractivity contribution is 7.98. The Labute approximate surface area is 112 Å². The Morgan fingerprint density at radius 1 is 1.44 bits per heavy atom. The fourth-order valence-corrected chi connectivity index (χ4v) is 2.86. The van der Waals surface area contributed by atoms with Crippen molar-refractivity contribution in [2.75, 3.05) is 30.0 Å². The fraction of sp³-hybridized carbons (Fsp3) is 0.667.